The monoisotopic (exact) mass is 421 g/mol. The van der Waals surface area contributed by atoms with E-state index in [-0.39, 0.29) is 17.7 Å². The van der Waals surface area contributed by atoms with Gasteiger partial charge in [0.15, 0.2) is 0 Å². The fourth-order valence-electron chi connectivity index (χ4n) is 3.37. The van der Waals surface area contributed by atoms with E-state index >= 15 is 0 Å². The summed E-state index contributed by atoms with van der Waals surface area (Å²) in [5.74, 6) is -0.151. The van der Waals surface area contributed by atoms with Gasteiger partial charge in [-0.05, 0) is 30.9 Å². The van der Waals surface area contributed by atoms with Crippen molar-refractivity contribution in [2.24, 2.45) is 5.92 Å². The van der Waals surface area contributed by atoms with Gasteiger partial charge in [0.25, 0.3) is 0 Å². The lowest BCUT2D eigenvalue weighted by Crippen LogP contribution is -2.43. The zero-order valence-corrected chi connectivity index (χ0v) is 18.0. The van der Waals surface area contributed by atoms with Crippen LogP contribution >= 0.6 is 0 Å². The summed E-state index contributed by atoms with van der Waals surface area (Å²) >= 11 is 0. The zero-order chi connectivity index (χ0) is 21.3. The summed E-state index contributed by atoms with van der Waals surface area (Å²) in [6.07, 6.45) is 6.43. The predicted octanol–water partition coefficient (Wildman–Crippen LogP) is 1.73. The highest BCUT2D eigenvalue weighted by atomic mass is 32.2. The lowest BCUT2D eigenvalue weighted by atomic mass is 9.96. The van der Waals surface area contributed by atoms with Crippen LogP contribution in [0.4, 0.5) is 0 Å². The molecule has 1 fully saturated rings. The van der Waals surface area contributed by atoms with Crippen molar-refractivity contribution in [3.05, 3.63) is 42.0 Å². The predicted molar refractivity (Wildman–Crippen MR) is 114 cm³/mol. The van der Waals surface area contributed by atoms with Crippen LogP contribution in [0.3, 0.4) is 0 Å². The van der Waals surface area contributed by atoms with E-state index < -0.39 is 10.0 Å². The van der Waals surface area contributed by atoms with Gasteiger partial charge in [-0.25, -0.2) is 12.7 Å². The summed E-state index contributed by atoms with van der Waals surface area (Å²) in [6, 6.07) is 9.66. The molecule has 0 bridgehead atoms. The number of sulfonamides is 1. The van der Waals surface area contributed by atoms with Crippen LogP contribution in [0.15, 0.2) is 36.4 Å². The lowest BCUT2D eigenvalue weighted by Gasteiger charge is -2.30. The molecule has 160 valence electrons. The van der Waals surface area contributed by atoms with E-state index in [4.69, 9.17) is 0 Å². The number of nitrogens with one attached hydrogen (secondary N) is 1. The van der Waals surface area contributed by atoms with E-state index in [9.17, 15) is 18.0 Å². The van der Waals surface area contributed by atoms with Gasteiger partial charge in [0.05, 0.1) is 6.26 Å². The van der Waals surface area contributed by atoms with Gasteiger partial charge >= 0.3 is 0 Å². The summed E-state index contributed by atoms with van der Waals surface area (Å²) in [6.45, 7) is 4.20. The highest BCUT2D eigenvalue weighted by molar-refractivity contribution is 7.88. The summed E-state index contributed by atoms with van der Waals surface area (Å²) in [4.78, 5) is 26.4. The standard InChI is InChI=1S/C21H31N3O4S/c1-3-24(29(2,27)28)15-7-14-22-21(26)19-12-16-23(17-13-19)20(25)11-10-18-8-5-4-6-9-18/h4-6,8-11,19H,3,7,12-17H2,1-2H3,(H,22,26)/b11-10+. The van der Waals surface area contributed by atoms with Crippen molar-refractivity contribution < 1.29 is 18.0 Å². The molecule has 1 N–H and O–H groups in total. The summed E-state index contributed by atoms with van der Waals surface area (Å²) in [7, 11) is -3.20. The first-order chi connectivity index (χ1) is 13.8. The van der Waals surface area contributed by atoms with Gasteiger partial charge in [0.1, 0.15) is 0 Å². The molecule has 0 radical (unpaired) electrons. The van der Waals surface area contributed by atoms with Gasteiger partial charge in [-0.2, -0.15) is 0 Å². The van der Waals surface area contributed by atoms with Crippen molar-refractivity contribution in [2.45, 2.75) is 26.2 Å². The molecule has 0 aliphatic carbocycles. The quantitative estimate of drug-likeness (QED) is 0.486. The second-order valence-corrected chi connectivity index (χ2v) is 9.23. The van der Waals surface area contributed by atoms with E-state index in [1.165, 1.54) is 10.6 Å². The third kappa shape index (κ3) is 7.62. The van der Waals surface area contributed by atoms with Crippen LogP contribution in [0.1, 0.15) is 31.7 Å². The van der Waals surface area contributed by atoms with E-state index in [0.29, 0.717) is 52.0 Å². The molecule has 2 rings (SSSR count). The Kier molecular flexibility index (Phi) is 8.85. The number of piperidine rings is 1. The van der Waals surface area contributed by atoms with E-state index in [0.717, 1.165) is 5.56 Å². The van der Waals surface area contributed by atoms with Crippen LogP contribution in [0.25, 0.3) is 6.08 Å². The maximum absolute atomic E-state index is 12.3. The first-order valence-corrected chi connectivity index (χ1v) is 11.9. The molecule has 8 heteroatoms. The zero-order valence-electron chi connectivity index (χ0n) is 17.2. The summed E-state index contributed by atoms with van der Waals surface area (Å²) in [5.41, 5.74) is 0.979. The first kappa shape index (κ1) is 23.1. The van der Waals surface area contributed by atoms with Crippen molar-refractivity contribution in [2.75, 3.05) is 39.0 Å². The topological polar surface area (TPSA) is 86.8 Å². The molecule has 7 nitrogen and oxygen atoms in total. The molecular formula is C21H31N3O4S. The van der Waals surface area contributed by atoms with Crippen LogP contribution in [0, 0.1) is 5.92 Å². The van der Waals surface area contributed by atoms with Crippen LogP contribution in [-0.4, -0.2) is 68.4 Å². The Balaban J connectivity index is 1.69. The molecule has 0 unspecified atom stereocenters. The maximum Gasteiger partial charge on any atom is 0.246 e. The van der Waals surface area contributed by atoms with Gasteiger partial charge < -0.3 is 10.2 Å². The largest absolute Gasteiger partial charge is 0.356 e. The van der Waals surface area contributed by atoms with E-state index in [1.807, 2.05) is 30.3 Å². The lowest BCUT2D eigenvalue weighted by molar-refractivity contribution is -0.132. The molecule has 1 saturated heterocycles. The van der Waals surface area contributed by atoms with Gasteiger partial charge in [0, 0.05) is 44.7 Å². The van der Waals surface area contributed by atoms with E-state index in [1.54, 1.807) is 24.0 Å². The number of carbonyl (C=O) groups is 2. The molecular weight excluding hydrogens is 390 g/mol. The number of benzene rings is 1. The molecule has 29 heavy (non-hydrogen) atoms. The number of carbonyl (C=O) groups excluding carboxylic acids is 2. The van der Waals surface area contributed by atoms with Crippen LogP contribution in [-0.2, 0) is 19.6 Å². The first-order valence-electron chi connectivity index (χ1n) is 10.1. The third-order valence-corrected chi connectivity index (χ3v) is 6.48. The molecule has 2 amide bonds. The smallest absolute Gasteiger partial charge is 0.246 e. The summed E-state index contributed by atoms with van der Waals surface area (Å²) in [5, 5.41) is 2.90. The van der Waals surface area contributed by atoms with Crippen LogP contribution in [0.2, 0.25) is 0 Å². The molecule has 0 spiro atoms. The molecule has 1 aliphatic heterocycles. The average Bonchev–Trinajstić information content (AvgIpc) is 2.71. The maximum atomic E-state index is 12.3. The van der Waals surface area contributed by atoms with Gasteiger partial charge in [0.2, 0.25) is 21.8 Å². The molecule has 0 aromatic heterocycles. The highest BCUT2D eigenvalue weighted by Crippen LogP contribution is 2.18. The Hall–Kier alpha value is -2.19. The molecule has 0 atom stereocenters. The fraction of sp³-hybridized carbons (Fsp3) is 0.524. The van der Waals surface area contributed by atoms with Crippen molar-refractivity contribution in [3.63, 3.8) is 0 Å². The van der Waals surface area contributed by atoms with Crippen molar-refractivity contribution in [1.29, 1.82) is 0 Å². The van der Waals surface area contributed by atoms with Crippen molar-refractivity contribution in [3.8, 4) is 0 Å². The number of hydrogen-bond acceptors (Lipinski definition) is 4. The minimum absolute atomic E-state index is 0.0145. The Bertz CT molecular complexity index is 800. The highest BCUT2D eigenvalue weighted by Gasteiger charge is 2.26. The number of hydrogen-bond donors (Lipinski definition) is 1. The molecule has 1 heterocycles. The number of rotatable bonds is 9. The number of likely N-dealkylation sites (tertiary alicyclic amines) is 1. The second kappa shape index (κ2) is 11.1. The third-order valence-electron chi connectivity index (χ3n) is 5.10. The second-order valence-electron chi connectivity index (χ2n) is 7.24. The molecule has 1 aliphatic rings. The normalized spacial score (nSPS) is 15.8. The molecule has 1 aromatic carbocycles. The van der Waals surface area contributed by atoms with Gasteiger partial charge in [-0.1, -0.05) is 37.3 Å². The summed E-state index contributed by atoms with van der Waals surface area (Å²) < 4.78 is 24.5. The number of nitrogens with zero attached hydrogens (tertiary/aromatic N) is 2. The fourth-order valence-corrected chi connectivity index (χ4v) is 4.30. The Morgan fingerprint density at radius 1 is 1.21 bits per heavy atom. The van der Waals surface area contributed by atoms with Crippen LogP contribution < -0.4 is 5.32 Å². The Morgan fingerprint density at radius 3 is 2.45 bits per heavy atom. The number of amides is 2. The van der Waals surface area contributed by atoms with Crippen molar-refractivity contribution >= 4 is 27.9 Å². The molecule has 1 aromatic rings. The Labute approximate surface area is 173 Å². The minimum Gasteiger partial charge on any atom is -0.356 e. The van der Waals surface area contributed by atoms with Gasteiger partial charge in [-0.15, -0.1) is 0 Å². The van der Waals surface area contributed by atoms with E-state index in [2.05, 4.69) is 5.32 Å². The Morgan fingerprint density at radius 2 is 1.86 bits per heavy atom. The van der Waals surface area contributed by atoms with Crippen molar-refractivity contribution in [1.82, 2.24) is 14.5 Å². The SMILES string of the molecule is CCN(CCCNC(=O)C1CCN(C(=O)/C=C/c2ccccc2)CC1)S(C)(=O)=O. The average molecular weight is 422 g/mol. The minimum atomic E-state index is -3.20. The van der Waals surface area contributed by atoms with Crippen LogP contribution in [0.5, 0.6) is 0 Å². The molecule has 0 saturated carbocycles. The van der Waals surface area contributed by atoms with Gasteiger partial charge in [-0.3, -0.25) is 9.59 Å².